The Morgan fingerprint density at radius 3 is 2.26 bits per heavy atom. The topological polar surface area (TPSA) is 175 Å². The van der Waals surface area contributed by atoms with Crippen molar-refractivity contribution >= 4 is 19.5 Å². The molecule has 1 unspecified atom stereocenters. The molecule has 0 amide bonds. The highest BCUT2D eigenvalue weighted by atomic mass is 31.2. The molecule has 0 aromatic heterocycles. The SMILES string of the molecule is C[N+](C)(C)C[C@@H](CC(=O)O)OP(=O)(O)OCCCCCCCCOc1cccc([N+](=O)[O-])c1.[OH-]. The Balaban J connectivity index is 0.0000109. The fourth-order valence-corrected chi connectivity index (χ4v) is 4.07. The monoisotopic (exact) mass is 508 g/mol. The van der Waals surface area contributed by atoms with Crippen LogP contribution in [0.3, 0.4) is 0 Å². The number of likely N-dealkylation sites (N-methyl/N-ethyl adjacent to an activating group) is 1. The number of carbonyl (C=O) groups is 1. The number of hydrogen-bond donors (Lipinski definition) is 2. The van der Waals surface area contributed by atoms with Crippen LogP contribution in [0.2, 0.25) is 0 Å². The van der Waals surface area contributed by atoms with Crippen molar-refractivity contribution in [1.29, 1.82) is 0 Å². The molecule has 1 rings (SSSR count). The smallest absolute Gasteiger partial charge is 0.472 e. The van der Waals surface area contributed by atoms with E-state index in [1.807, 2.05) is 21.1 Å². The van der Waals surface area contributed by atoms with Crippen LogP contribution in [0.1, 0.15) is 44.9 Å². The molecule has 0 aliphatic heterocycles. The summed E-state index contributed by atoms with van der Waals surface area (Å²) < 4.78 is 28.1. The predicted octanol–water partition coefficient (Wildman–Crippen LogP) is 3.82. The van der Waals surface area contributed by atoms with Crippen molar-refractivity contribution in [3.63, 3.8) is 0 Å². The lowest BCUT2D eigenvalue weighted by Gasteiger charge is -2.29. The number of non-ortho nitro benzene ring substituents is 1. The Hall–Kier alpha value is -2.08. The van der Waals surface area contributed by atoms with E-state index in [9.17, 15) is 24.4 Å². The van der Waals surface area contributed by atoms with Crippen LogP contribution >= 0.6 is 7.82 Å². The first-order chi connectivity index (χ1) is 15.4. The van der Waals surface area contributed by atoms with Crippen LogP contribution in [0.25, 0.3) is 0 Å². The minimum absolute atomic E-state index is 0. The van der Waals surface area contributed by atoms with E-state index in [2.05, 4.69) is 0 Å². The van der Waals surface area contributed by atoms with Crippen LogP contribution in [0.15, 0.2) is 24.3 Å². The summed E-state index contributed by atoms with van der Waals surface area (Å²) in [4.78, 5) is 31.2. The van der Waals surface area contributed by atoms with Gasteiger partial charge in [-0.3, -0.25) is 24.0 Å². The third-order valence-corrected chi connectivity index (χ3v) is 5.60. The number of hydrogen-bond acceptors (Lipinski definition) is 8. The second-order valence-electron chi connectivity index (χ2n) is 8.82. The molecule has 0 spiro atoms. The maximum Gasteiger partial charge on any atom is 0.472 e. The number of nitrogens with zero attached hydrogens (tertiary/aromatic N) is 2. The van der Waals surface area contributed by atoms with E-state index in [4.69, 9.17) is 18.9 Å². The van der Waals surface area contributed by atoms with Gasteiger partial charge in [0.15, 0.2) is 0 Å². The molecule has 0 saturated carbocycles. The largest absolute Gasteiger partial charge is 0.870 e. The molecule has 0 heterocycles. The number of benzene rings is 1. The number of nitro groups is 1. The molecule has 1 aromatic rings. The van der Waals surface area contributed by atoms with Gasteiger partial charge in [0.25, 0.3) is 5.69 Å². The maximum absolute atomic E-state index is 12.1. The second-order valence-corrected chi connectivity index (χ2v) is 10.2. The van der Waals surface area contributed by atoms with Crippen molar-refractivity contribution in [2.24, 2.45) is 0 Å². The van der Waals surface area contributed by atoms with Gasteiger partial charge in [-0.1, -0.05) is 31.7 Å². The van der Waals surface area contributed by atoms with Crippen molar-refractivity contribution in [3.8, 4) is 5.75 Å². The molecule has 2 atom stereocenters. The molecule has 0 aliphatic carbocycles. The summed E-state index contributed by atoms with van der Waals surface area (Å²) in [5.74, 6) is -0.632. The Labute approximate surface area is 200 Å². The van der Waals surface area contributed by atoms with E-state index >= 15 is 0 Å². The van der Waals surface area contributed by atoms with E-state index in [0.29, 0.717) is 23.3 Å². The molecule has 0 bridgehead atoms. The first-order valence-corrected chi connectivity index (χ1v) is 12.4. The zero-order valence-corrected chi connectivity index (χ0v) is 20.9. The lowest BCUT2D eigenvalue weighted by atomic mass is 10.1. The van der Waals surface area contributed by atoms with Crippen molar-refractivity contribution < 1.29 is 48.0 Å². The molecule has 12 nitrogen and oxygen atoms in total. The number of carboxylic acid groups (broad SMARTS) is 1. The van der Waals surface area contributed by atoms with Gasteiger partial charge in [-0.15, -0.1) is 0 Å². The standard InChI is InChI=1S/C21H35N2O9P.H2O/c1-23(2,3)17-20(16-21(24)25)32-33(28,29)31-14-9-7-5-4-6-8-13-30-19-12-10-11-18(15-19)22(26)27;/h10-12,15,20H,4-9,13-14,16-17H2,1-3H3,(H-,24,25,28,29);1H2/t20-;/m1./s1. The molecular formula is C21H37N2O10P. The van der Waals surface area contributed by atoms with Crippen LogP contribution in [0, 0.1) is 10.1 Å². The van der Waals surface area contributed by atoms with Gasteiger partial charge in [0.2, 0.25) is 0 Å². The van der Waals surface area contributed by atoms with Gasteiger partial charge in [0.1, 0.15) is 18.4 Å². The zero-order chi connectivity index (χ0) is 24.9. The van der Waals surface area contributed by atoms with Gasteiger partial charge in [0.05, 0.1) is 51.8 Å². The van der Waals surface area contributed by atoms with Crippen LogP contribution in [0.5, 0.6) is 5.75 Å². The third kappa shape index (κ3) is 15.7. The number of carboxylic acids is 1. The minimum Gasteiger partial charge on any atom is -0.870 e. The Bertz CT molecular complexity index is 800. The number of nitro benzene ring substituents is 1. The van der Waals surface area contributed by atoms with E-state index in [1.54, 1.807) is 12.1 Å². The minimum atomic E-state index is -4.33. The lowest BCUT2D eigenvalue weighted by molar-refractivity contribution is -0.873. The van der Waals surface area contributed by atoms with Crippen molar-refractivity contribution in [2.45, 2.75) is 51.0 Å². The lowest BCUT2D eigenvalue weighted by Crippen LogP contribution is -2.42. The highest BCUT2D eigenvalue weighted by Gasteiger charge is 2.31. The number of phosphoric acid groups is 1. The predicted molar refractivity (Wildman–Crippen MR) is 124 cm³/mol. The van der Waals surface area contributed by atoms with Gasteiger partial charge >= 0.3 is 13.8 Å². The third-order valence-electron chi connectivity index (χ3n) is 4.53. The number of phosphoric ester groups is 1. The summed E-state index contributed by atoms with van der Waals surface area (Å²) in [6, 6.07) is 6.08. The summed E-state index contributed by atoms with van der Waals surface area (Å²) in [6.45, 7) is 0.777. The summed E-state index contributed by atoms with van der Waals surface area (Å²) in [6.07, 6.45) is 3.70. The molecular weight excluding hydrogens is 471 g/mol. The number of ether oxygens (including phenoxy) is 1. The van der Waals surface area contributed by atoms with Gasteiger partial charge in [-0.2, -0.15) is 0 Å². The first kappa shape index (κ1) is 31.9. The highest BCUT2D eigenvalue weighted by molar-refractivity contribution is 7.47. The fourth-order valence-electron chi connectivity index (χ4n) is 3.13. The Morgan fingerprint density at radius 2 is 1.71 bits per heavy atom. The average Bonchev–Trinajstić information content (AvgIpc) is 2.67. The van der Waals surface area contributed by atoms with Gasteiger partial charge in [0, 0.05) is 6.07 Å². The van der Waals surface area contributed by atoms with E-state index in [-0.39, 0.29) is 30.7 Å². The van der Waals surface area contributed by atoms with Crippen LogP contribution in [0.4, 0.5) is 5.69 Å². The van der Waals surface area contributed by atoms with Crippen LogP contribution < -0.4 is 4.74 Å². The van der Waals surface area contributed by atoms with Gasteiger partial charge < -0.3 is 24.7 Å². The number of unbranched alkanes of at least 4 members (excludes halogenated alkanes) is 5. The summed E-state index contributed by atoms with van der Waals surface area (Å²) in [5, 5.41) is 19.7. The molecule has 0 aliphatic rings. The second kappa shape index (κ2) is 15.8. The fraction of sp³-hybridized carbons (Fsp3) is 0.667. The molecule has 0 fully saturated rings. The molecule has 0 radical (unpaired) electrons. The van der Waals surface area contributed by atoms with Crippen molar-refractivity contribution in [3.05, 3.63) is 34.4 Å². The van der Waals surface area contributed by atoms with Crippen molar-refractivity contribution in [1.82, 2.24) is 0 Å². The van der Waals surface area contributed by atoms with Crippen LogP contribution in [-0.4, -0.2) is 77.9 Å². The number of aliphatic carboxylic acids is 1. The Kier molecular flexibility index (Phi) is 14.8. The molecule has 196 valence electrons. The summed E-state index contributed by atoms with van der Waals surface area (Å²) in [7, 11) is 1.17. The van der Waals surface area contributed by atoms with Gasteiger partial charge in [-0.25, -0.2) is 4.57 Å². The summed E-state index contributed by atoms with van der Waals surface area (Å²) in [5.41, 5.74) is -0.00155. The quantitative estimate of drug-likeness (QED) is 0.0974. The molecule has 0 saturated heterocycles. The Morgan fingerprint density at radius 1 is 1.12 bits per heavy atom. The molecule has 3 N–H and O–H groups in total. The molecule has 13 heteroatoms. The highest BCUT2D eigenvalue weighted by Crippen LogP contribution is 2.45. The molecule has 34 heavy (non-hydrogen) atoms. The summed E-state index contributed by atoms with van der Waals surface area (Å²) >= 11 is 0. The van der Waals surface area contributed by atoms with E-state index < -0.39 is 24.8 Å². The van der Waals surface area contributed by atoms with E-state index in [0.717, 1.165) is 32.1 Å². The number of quaternary nitrogens is 1. The van der Waals surface area contributed by atoms with Crippen LogP contribution in [-0.2, 0) is 18.4 Å². The number of rotatable bonds is 18. The van der Waals surface area contributed by atoms with Gasteiger partial charge in [-0.05, 0) is 18.9 Å². The normalized spacial score (nSPS) is 14.0. The zero-order valence-electron chi connectivity index (χ0n) is 20.0. The molecule has 1 aromatic carbocycles. The average molecular weight is 509 g/mol. The first-order valence-electron chi connectivity index (χ1n) is 10.9. The maximum atomic E-state index is 12.1. The van der Waals surface area contributed by atoms with E-state index in [1.165, 1.54) is 12.1 Å². The van der Waals surface area contributed by atoms with Crippen molar-refractivity contribution in [2.75, 3.05) is 40.9 Å².